The van der Waals surface area contributed by atoms with E-state index in [-0.39, 0.29) is 19.4 Å². The van der Waals surface area contributed by atoms with Gasteiger partial charge in [-0.25, -0.2) is 4.79 Å². The molecule has 0 fully saturated rings. The molecule has 0 unspecified atom stereocenters. The van der Waals surface area contributed by atoms with Crippen LogP contribution in [0.25, 0.3) is 0 Å². The minimum Gasteiger partial charge on any atom is -0.461 e. The molecule has 0 aliphatic rings. The molecule has 0 saturated carbocycles. The summed E-state index contributed by atoms with van der Waals surface area (Å²) in [6.45, 7) is 9.68. The summed E-state index contributed by atoms with van der Waals surface area (Å²) in [4.78, 5) is 35.5. The lowest BCUT2D eigenvalue weighted by atomic mass is 9.91. The van der Waals surface area contributed by atoms with Crippen LogP contribution in [-0.4, -0.2) is 42.3 Å². The molecule has 0 aromatic carbocycles. The predicted octanol–water partition coefficient (Wildman–Crippen LogP) is 2.91. The number of hydrogen-bond acceptors (Lipinski definition) is 5. The molecule has 0 aliphatic carbocycles. The van der Waals surface area contributed by atoms with Gasteiger partial charge in [-0.1, -0.05) is 26.0 Å². The fourth-order valence-electron chi connectivity index (χ4n) is 2.14. The fraction of sp³-hybridized carbons (Fsp3) is 0.706. The van der Waals surface area contributed by atoms with E-state index in [0.29, 0.717) is 6.42 Å². The summed E-state index contributed by atoms with van der Waals surface area (Å²) in [6, 6.07) is -1.63. The van der Waals surface area contributed by atoms with Crippen molar-refractivity contribution in [2.75, 3.05) is 6.61 Å². The van der Waals surface area contributed by atoms with Crippen molar-refractivity contribution in [1.82, 2.24) is 5.32 Å². The number of ether oxygens (including phenoxy) is 2. The van der Waals surface area contributed by atoms with Gasteiger partial charge >= 0.3 is 24.0 Å². The number of alkyl halides is 3. The number of rotatable bonds is 9. The van der Waals surface area contributed by atoms with Gasteiger partial charge in [-0.3, -0.25) is 9.59 Å². The first-order valence-electron chi connectivity index (χ1n) is 8.18. The monoisotopic (exact) mass is 381 g/mol. The molecule has 150 valence electrons. The van der Waals surface area contributed by atoms with Crippen LogP contribution >= 0.6 is 0 Å². The number of carbonyl (C=O) groups excluding carboxylic acids is 3. The highest BCUT2D eigenvalue weighted by atomic mass is 19.4. The van der Waals surface area contributed by atoms with Gasteiger partial charge in [0.05, 0.1) is 6.42 Å². The quantitative estimate of drug-likeness (QED) is 0.491. The van der Waals surface area contributed by atoms with Gasteiger partial charge in [0.15, 0.2) is 0 Å². The first-order chi connectivity index (χ1) is 11.8. The van der Waals surface area contributed by atoms with Gasteiger partial charge in [-0.05, 0) is 27.2 Å². The molecule has 0 rings (SSSR count). The van der Waals surface area contributed by atoms with Crippen molar-refractivity contribution in [3.63, 3.8) is 0 Å². The standard InChI is InChI=1S/C17H26F3NO5/c1-6-8-11(10-12(22)25-9-7-2)13(14(23)26-16(3,4)5)21-15(24)17(18,19)20/h7,11,13H,2,6,8-10H2,1,3-5H3,(H,21,24)/t11-,13-/m0/s1. The second kappa shape index (κ2) is 10.2. The summed E-state index contributed by atoms with van der Waals surface area (Å²) in [6.07, 6.45) is -3.49. The Hall–Kier alpha value is -2.06. The van der Waals surface area contributed by atoms with Crippen molar-refractivity contribution < 1.29 is 37.0 Å². The lowest BCUT2D eigenvalue weighted by molar-refractivity contribution is -0.178. The highest BCUT2D eigenvalue weighted by Crippen LogP contribution is 2.23. The van der Waals surface area contributed by atoms with E-state index in [9.17, 15) is 27.6 Å². The minimum absolute atomic E-state index is 0.0658. The van der Waals surface area contributed by atoms with Crippen molar-refractivity contribution in [3.05, 3.63) is 12.7 Å². The Morgan fingerprint density at radius 2 is 1.77 bits per heavy atom. The van der Waals surface area contributed by atoms with E-state index in [1.165, 1.54) is 6.08 Å². The first kappa shape index (κ1) is 23.9. The van der Waals surface area contributed by atoms with Gasteiger partial charge in [-0.2, -0.15) is 13.2 Å². The van der Waals surface area contributed by atoms with Gasteiger partial charge in [0, 0.05) is 5.92 Å². The Bertz CT molecular complexity index is 512. The summed E-state index contributed by atoms with van der Waals surface area (Å²) < 4.78 is 47.8. The molecule has 1 amide bonds. The molecule has 0 spiro atoms. The van der Waals surface area contributed by atoms with E-state index in [0.717, 1.165) is 0 Å². The summed E-state index contributed by atoms with van der Waals surface area (Å²) in [5.41, 5.74) is -0.974. The Kier molecular flexibility index (Phi) is 9.37. The third-order valence-electron chi connectivity index (χ3n) is 3.13. The normalized spacial score (nSPS) is 14.1. The first-order valence-corrected chi connectivity index (χ1v) is 8.18. The number of nitrogens with one attached hydrogen (secondary N) is 1. The molecule has 0 aromatic rings. The van der Waals surface area contributed by atoms with E-state index >= 15 is 0 Å². The maximum Gasteiger partial charge on any atom is 0.471 e. The third-order valence-corrected chi connectivity index (χ3v) is 3.13. The van der Waals surface area contributed by atoms with Gasteiger partial charge in [0.1, 0.15) is 18.2 Å². The molecule has 0 saturated heterocycles. The highest BCUT2D eigenvalue weighted by Gasteiger charge is 2.43. The zero-order valence-electron chi connectivity index (χ0n) is 15.4. The Labute approximate surface area is 151 Å². The van der Waals surface area contributed by atoms with E-state index in [1.807, 2.05) is 0 Å². The lowest BCUT2D eigenvalue weighted by Crippen LogP contribution is -2.52. The van der Waals surface area contributed by atoms with Crippen LogP contribution in [0.3, 0.4) is 0 Å². The minimum atomic E-state index is -5.17. The average molecular weight is 381 g/mol. The van der Waals surface area contributed by atoms with Gasteiger partial charge in [0.25, 0.3) is 0 Å². The smallest absolute Gasteiger partial charge is 0.461 e. The number of halogens is 3. The van der Waals surface area contributed by atoms with Crippen LogP contribution in [0.4, 0.5) is 13.2 Å². The summed E-state index contributed by atoms with van der Waals surface area (Å²) in [5.74, 6) is -4.92. The van der Waals surface area contributed by atoms with E-state index < -0.39 is 41.6 Å². The van der Waals surface area contributed by atoms with Gasteiger partial charge < -0.3 is 14.8 Å². The Morgan fingerprint density at radius 1 is 1.19 bits per heavy atom. The molecule has 0 aromatic heterocycles. The lowest BCUT2D eigenvalue weighted by Gasteiger charge is -2.29. The predicted molar refractivity (Wildman–Crippen MR) is 88.0 cm³/mol. The molecule has 0 bridgehead atoms. The zero-order valence-corrected chi connectivity index (χ0v) is 15.4. The topological polar surface area (TPSA) is 81.7 Å². The number of carbonyl (C=O) groups is 3. The molecule has 1 N–H and O–H groups in total. The van der Waals surface area contributed by atoms with Crippen LogP contribution in [-0.2, 0) is 23.9 Å². The molecule has 0 radical (unpaired) electrons. The van der Waals surface area contributed by atoms with Crippen LogP contribution in [0.15, 0.2) is 12.7 Å². The summed E-state index contributed by atoms with van der Waals surface area (Å²) in [7, 11) is 0. The second-order valence-corrected chi connectivity index (χ2v) is 6.71. The van der Waals surface area contributed by atoms with Crippen molar-refractivity contribution in [2.45, 2.75) is 64.8 Å². The maximum atomic E-state index is 12.6. The molecule has 9 heteroatoms. The van der Waals surface area contributed by atoms with Crippen molar-refractivity contribution in [3.8, 4) is 0 Å². The summed E-state index contributed by atoms with van der Waals surface area (Å²) in [5, 5.41) is 1.66. The number of amides is 1. The summed E-state index contributed by atoms with van der Waals surface area (Å²) >= 11 is 0. The van der Waals surface area contributed by atoms with Crippen LogP contribution in [0.1, 0.15) is 47.0 Å². The largest absolute Gasteiger partial charge is 0.471 e. The SMILES string of the molecule is C=CCOC(=O)C[C@H](CCC)[C@H](NC(=O)C(F)(F)F)C(=O)OC(C)(C)C. The van der Waals surface area contributed by atoms with E-state index in [4.69, 9.17) is 9.47 Å². The molecule has 6 nitrogen and oxygen atoms in total. The van der Waals surface area contributed by atoms with Crippen molar-refractivity contribution in [2.24, 2.45) is 5.92 Å². The number of hydrogen-bond donors (Lipinski definition) is 1. The van der Waals surface area contributed by atoms with Gasteiger partial charge in [-0.15, -0.1) is 0 Å². The van der Waals surface area contributed by atoms with Crippen LogP contribution in [0.5, 0.6) is 0 Å². The van der Waals surface area contributed by atoms with Crippen molar-refractivity contribution >= 4 is 17.8 Å². The average Bonchev–Trinajstić information content (AvgIpc) is 2.47. The van der Waals surface area contributed by atoms with Crippen LogP contribution in [0.2, 0.25) is 0 Å². The molecule has 26 heavy (non-hydrogen) atoms. The van der Waals surface area contributed by atoms with Crippen molar-refractivity contribution in [1.29, 1.82) is 0 Å². The molecule has 0 heterocycles. The van der Waals surface area contributed by atoms with E-state index in [2.05, 4.69) is 6.58 Å². The molecular formula is C17H26F3NO5. The second-order valence-electron chi connectivity index (χ2n) is 6.71. The zero-order chi connectivity index (χ0) is 20.5. The number of esters is 2. The van der Waals surface area contributed by atoms with Gasteiger partial charge in [0.2, 0.25) is 0 Å². The highest BCUT2D eigenvalue weighted by molar-refractivity contribution is 5.88. The third kappa shape index (κ3) is 9.43. The maximum absolute atomic E-state index is 12.6. The molecule has 2 atom stereocenters. The Balaban J connectivity index is 5.50. The molecular weight excluding hydrogens is 355 g/mol. The van der Waals surface area contributed by atoms with Crippen LogP contribution < -0.4 is 5.32 Å². The fourth-order valence-corrected chi connectivity index (χ4v) is 2.14. The van der Waals surface area contributed by atoms with Crippen LogP contribution in [0, 0.1) is 5.92 Å². The van der Waals surface area contributed by atoms with E-state index in [1.54, 1.807) is 33.0 Å². The Morgan fingerprint density at radius 3 is 2.19 bits per heavy atom. The molecule has 0 aliphatic heterocycles.